The fourth-order valence-corrected chi connectivity index (χ4v) is 4.15. The molecule has 32 heavy (non-hydrogen) atoms. The predicted molar refractivity (Wildman–Crippen MR) is 125 cm³/mol. The molecule has 164 valence electrons. The van der Waals surface area contributed by atoms with E-state index in [1.165, 1.54) is 6.08 Å². The van der Waals surface area contributed by atoms with Crippen molar-refractivity contribution in [1.82, 2.24) is 4.98 Å². The topological polar surface area (TPSA) is 68.7 Å². The second-order valence-corrected chi connectivity index (χ2v) is 8.50. The Morgan fingerprint density at radius 3 is 2.91 bits per heavy atom. The van der Waals surface area contributed by atoms with Crippen LogP contribution in [0.4, 0.5) is 5.69 Å². The number of fused-ring (bicyclic) bond motifs is 1. The van der Waals surface area contributed by atoms with E-state index >= 15 is 0 Å². The van der Waals surface area contributed by atoms with Crippen LogP contribution >= 0.6 is 11.3 Å². The Morgan fingerprint density at radius 1 is 1.19 bits per heavy atom. The van der Waals surface area contributed by atoms with Crippen molar-refractivity contribution in [2.24, 2.45) is 0 Å². The Balaban J connectivity index is 1.29. The van der Waals surface area contributed by atoms with Crippen molar-refractivity contribution in [3.05, 3.63) is 81.8 Å². The number of hydrogen-bond acceptors (Lipinski definition) is 6. The molecule has 0 bridgehead atoms. The maximum Gasteiger partial charge on any atom is 0.331 e. The van der Waals surface area contributed by atoms with Gasteiger partial charge in [0.2, 0.25) is 0 Å². The summed E-state index contributed by atoms with van der Waals surface area (Å²) in [5, 5.41) is 2.97. The molecule has 0 fully saturated rings. The first kappa shape index (κ1) is 21.8. The summed E-state index contributed by atoms with van der Waals surface area (Å²) in [7, 11) is 0. The van der Waals surface area contributed by atoms with E-state index in [9.17, 15) is 9.59 Å². The number of aryl methyl sites for hydroxylation is 2. The van der Waals surface area contributed by atoms with Crippen LogP contribution in [-0.4, -0.2) is 30.0 Å². The summed E-state index contributed by atoms with van der Waals surface area (Å²) in [6.45, 7) is 2.70. The van der Waals surface area contributed by atoms with Gasteiger partial charge in [-0.1, -0.05) is 30.3 Å². The Bertz CT molecular complexity index is 1140. The van der Waals surface area contributed by atoms with E-state index < -0.39 is 5.97 Å². The summed E-state index contributed by atoms with van der Waals surface area (Å²) >= 11 is 1.59. The molecule has 6 nitrogen and oxygen atoms in total. The fourth-order valence-electron chi connectivity index (χ4n) is 3.56. The Hall–Kier alpha value is -3.45. The molecule has 1 aromatic heterocycles. The largest absolute Gasteiger partial charge is 0.487 e. The number of carbonyl (C=O) groups excluding carboxylic acids is 2. The molecule has 0 aliphatic carbocycles. The zero-order valence-corrected chi connectivity index (χ0v) is 18.6. The van der Waals surface area contributed by atoms with E-state index in [1.807, 2.05) is 60.8 Å². The molecule has 2 heterocycles. The van der Waals surface area contributed by atoms with Crippen LogP contribution in [0.3, 0.4) is 0 Å². The molecular weight excluding hydrogens is 424 g/mol. The first-order chi connectivity index (χ1) is 15.6. The summed E-state index contributed by atoms with van der Waals surface area (Å²) in [4.78, 5) is 30.8. The van der Waals surface area contributed by atoms with Crippen LogP contribution in [0.25, 0.3) is 6.08 Å². The number of hydrogen-bond donors (Lipinski definition) is 0. The lowest BCUT2D eigenvalue weighted by Crippen LogP contribution is -2.38. The fraction of sp³-hybridized carbons (Fsp3) is 0.240. The standard InChI is InChI=1S/C25H24N2O4S/c1-18-26-21(17-32-18)15-30-22-9-4-6-19(14-22)11-12-25(29)31-16-24(28)27-13-5-8-20-7-2-3-10-23(20)27/h2-4,6-7,9-12,14,17H,5,8,13,15-16H2,1H3/b12-11+. The predicted octanol–water partition coefficient (Wildman–Crippen LogP) is 4.57. The summed E-state index contributed by atoms with van der Waals surface area (Å²) in [5.41, 5.74) is 3.73. The Kier molecular flexibility index (Phi) is 6.97. The summed E-state index contributed by atoms with van der Waals surface area (Å²) in [5.74, 6) is -0.0930. The lowest BCUT2D eigenvalue weighted by atomic mass is 10.0. The van der Waals surface area contributed by atoms with E-state index in [1.54, 1.807) is 22.3 Å². The quantitative estimate of drug-likeness (QED) is 0.391. The smallest absolute Gasteiger partial charge is 0.331 e. The minimum Gasteiger partial charge on any atom is -0.487 e. The van der Waals surface area contributed by atoms with Gasteiger partial charge in [0.25, 0.3) is 5.91 Å². The molecule has 3 aromatic rings. The number of ether oxygens (including phenoxy) is 2. The lowest BCUT2D eigenvalue weighted by molar-refractivity contribution is -0.142. The number of benzene rings is 2. The summed E-state index contributed by atoms with van der Waals surface area (Å²) < 4.78 is 10.9. The van der Waals surface area contributed by atoms with Crippen LogP contribution in [-0.2, 0) is 27.4 Å². The molecule has 0 spiro atoms. The van der Waals surface area contributed by atoms with Gasteiger partial charge in [-0.25, -0.2) is 9.78 Å². The Morgan fingerprint density at radius 2 is 2.06 bits per heavy atom. The molecule has 2 aromatic carbocycles. The van der Waals surface area contributed by atoms with Gasteiger partial charge in [0.1, 0.15) is 12.4 Å². The van der Waals surface area contributed by atoms with Crippen molar-refractivity contribution in [2.75, 3.05) is 18.1 Å². The lowest BCUT2D eigenvalue weighted by Gasteiger charge is -2.29. The van der Waals surface area contributed by atoms with Crippen molar-refractivity contribution < 1.29 is 19.1 Å². The average Bonchev–Trinajstić information content (AvgIpc) is 3.25. The van der Waals surface area contributed by atoms with Gasteiger partial charge in [0, 0.05) is 23.7 Å². The number of anilines is 1. The van der Waals surface area contributed by atoms with E-state index in [4.69, 9.17) is 9.47 Å². The minimum atomic E-state index is -0.562. The van der Waals surface area contributed by atoms with Crippen molar-refractivity contribution >= 4 is 35.0 Å². The first-order valence-electron chi connectivity index (χ1n) is 10.5. The van der Waals surface area contributed by atoms with Gasteiger partial charge in [0.15, 0.2) is 6.61 Å². The molecule has 7 heteroatoms. The molecule has 1 aliphatic rings. The highest BCUT2D eigenvalue weighted by Crippen LogP contribution is 2.26. The highest BCUT2D eigenvalue weighted by atomic mass is 32.1. The number of thiazole rings is 1. The third-order valence-electron chi connectivity index (χ3n) is 5.07. The third-order valence-corrected chi connectivity index (χ3v) is 5.89. The zero-order valence-electron chi connectivity index (χ0n) is 17.8. The summed E-state index contributed by atoms with van der Waals surface area (Å²) in [6.07, 6.45) is 4.81. The van der Waals surface area contributed by atoms with Crippen LogP contribution in [0.15, 0.2) is 60.0 Å². The third kappa shape index (κ3) is 5.62. The zero-order chi connectivity index (χ0) is 22.3. The molecule has 0 atom stereocenters. The highest BCUT2D eigenvalue weighted by molar-refractivity contribution is 7.09. The number of esters is 1. The molecule has 1 aliphatic heterocycles. The molecule has 0 unspecified atom stereocenters. The number of para-hydroxylation sites is 1. The van der Waals surface area contributed by atoms with Crippen molar-refractivity contribution in [2.45, 2.75) is 26.4 Å². The van der Waals surface area contributed by atoms with Crippen molar-refractivity contribution in [1.29, 1.82) is 0 Å². The van der Waals surface area contributed by atoms with Crippen LogP contribution in [0, 0.1) is 6.92 Å². The van der Waals surface area contributed by atoms with Crippen molar-refractivity contribution in [3.8, 4) is 5.75 Å². The normalized spacial score (nSPS) is 13.1. The number of nitrogens with zero attached hydrogens (tertiary/aromatic N) is 2. The maximum atomic E-state index is 12.6. The van der Waals surface area contributed by atoms with Gasteiger partial charge in [-0.2, -0.15) is 0 Å². The van der Waals surface area contributed by atoms with E-state index in [-0.39, 0.29) is 12.5 Å². The first-order valence-corrected chi connectivity index (χ1v) is 11.3. The van der Waals surface area contributed by atoms with Gasteiger partial charge in [0.05, 0.1) is 10.7 Å². The van der Waals surface area contributed by atoms with Gasteiger partial charge in [-0.15, -0.1) is 11.3 Å². The second kappa shape index (κ2) is 10.2. The van der Waals surface area contributed by atoms with Crippen LogP contribution in [0.1, 0.15) is 28.2 Å². The average molecular weight is 449 g/mol. The monoisotopic (exact) mass is 448 g/mol. The molecule has 0 saturated heterocycles. The molecule has 0 radical (unpaired) electrons. The minimum absolute atomic E-state index is 0.216. The SMILES string of the molecule is Cc1nc(COc2cccc(/C=C/C(=O)OCC(=O)N3CCCc4ccccc43)c2)cs1. The van der Waals surface area contributed by atoms with Gasteiger partial charge < -0.3 is 14.4 Å². The number of rotatable bonds is 7. The van der Waals surface area contributed by atoms with Gasteiger partial charge >= 0.3 is 5.97 Å². The van der Waals surface area contributed by atoms with Gasteiger partial charge in [-0.05, 0) is 55.2 Å². The highest BCUT2D eigenvalue weighted by Gasteiger charge is 2.22. The molecular formula is C25H24N2O4S. The van der Waals surface area contributed by atoms with Crippen molar-refractivity contribution in [3.63, 3.8) is 0 Å². The van der Waals surface area contributed by atoms with E-state index in [0.717, 1.165) is 40.4 Å². The van der Waals surface area contributed by atoms with E-state index in [0.29, 0.717) is 18.9 Å². The van der Waals surface area contributed by atoms with E-state index in [2.05, 4.69) is 4.98 Å². The number of amides is 1. The van der Waals surface area contributed by atoms with Gasteiger partial charge in [-0.3, -0.25) is 4.79 Å². The second-order valence-electron chi connectivity index (χ2n) is 7.44. The van der Waals surface area contributed by atoms with Crippen LogP contribution in [0.2, 0.25) is 0 Å². The molecule has 0 saturated carbocycles. The maximum absolute atomic E-state index is 12.6. The van der Waals surface area contributed by atoms with Crippen LogP contribution < -0.4 is 9.64 Å². The molecule has 4 rings (SSSR count). The molecule has 1 amide bonds. The number of carbonyl (C=O) groups is 2. The Labute approximate surface area is 191 Å². The molecule has 0 N–H and O–H groups in total. The van der Waals surface area contributed by atoms with Crippen LogP contribution in [0.5, 0.6) is 5.75 Å². The summed E-state index contributed by atoms with van der Waals surface area (Å²) in [6, 6.07) is 15.2. The number of aromatic nitrogens is 1.